The number of hydrogen-bond acceptors (Lipinski definition) is 4. The zero-order valence-electron chi connectivity index (χ0n) is 25.2. The van der Waals surface area contributed by atoms with Gasteiger partial charge in [0.1, 0.15) is 0 Å². The first-order valence-corrected chi connectivity index (χ1v) is 13.7. The fraction of sp³-hybridized carbons (Fsp3) is 0.931. The summed E-state index contributed by atoms with van der Waals surface area (Å²) >= 11 is 0. The van der Waals surface area contributed by atoms with Crippen molar-refractivity contribution in [3.63, 3.8) is 0 Å². The second-order valence-electron chi connectivity index (χ2n) is 13.9. The summed E-state index contributed by atoms with van der Waals surface area (Å²) in [7, 11) is 0. The van der Waals surface area contributed by atoms with E-state index in [1.54, 1.807) is 0 Å². The van der Waals surface area contributed by atoms with Crippen LogP contribution in [0.3, 0.4) is 0 Å². The number of rotatable bonds is 16. The maximum absolute atomic E-state index is 12.7. The largest absolute Gasteiger partial charge is 0.378 e. The summed E-state index contributed by atoms with van der Waals surface area (Å²) in [5.41, 5.74) is -0.462. The number of nitrogens with one attached hydrogen (secondary N) is 3. The maximum atomic E-state index is 12.7. The third kappa shape index (κ3) is 17.0. The summed E-state index contributed by atoms with van der Waals surface area (Å²) in [6, 6.07) is 0.425. The number of ether oxygens (including phenoxy) is 1. The predicted molar refractivity (Wildman–Crippen MR) is 149 cm³/mol. The lowest BCUT2D eigenvalue weighted by molar-refractivity contribution is -0.129. The van der Waals surface area contributed by atoms with E-state index in [-0.39, 0.29) is 34.3 Å². The molecular weight excluding hydrogens is 438 g/mol. The molecule has 0 aromatic heterocycles. The molecule has 0 fully saturated rings. The Hall–Kier alpha value is -1.14. The molecule has 0 aliphatic rings. The van der Waals surface area contributed by atoms with Gasteiger partial charge >= 0.3 is 0 Å². The van der Waals surface area contributed by atoms with Crippen LogP contribution in [-0.2, 0) is 14.3 Å². The summed E-state index contributed by atoms with van der Waals surface area (Å²) in [6.45, 7) is 27.3. The second-order valence-corrected chi connectivity index (χ2v) is 13.9. The third-order valence-electron chi connectivity index (χ3n) is 6.50. The van der Waals surface area contributed by atoms with Crippen molar-refractivity contribution in [1.82, 2.24) is 16.0 Å². The summed E-state index contributed by atoms with van der Waals surface area (Å²) < 4.78 is 5.97. The quantitative estimate of drug-likeness (QED) is 0.234. The van der Waals surface area contributed by atoms with Crippen molar-refractivity contribution in [2.45, 2.75) is 139 Å². The Morgan fingerprint density at radius 1 is 0.886 bits per heavy atom. The molecule has 0 spiro atoms. The second kappa shape index (κ2) is 14.6. The van der Waals surface area contributed by atoms with Crippen LogP contribution >= 0.6 is 0 Å². The van der Waals surface area contributed by atoms with Crippen molar-refractivity contribution >= 4 is 11.8 Å². The van der Waals surface area contributed by atoms with Crippen LogP contribution in [-0.4, -0.2) is 49.2 Å². The van der Waals surface area contributed by atoms with Gasteiger partial charge in [-0.3, -0.25) is 9.59 Å². The van der Waals surface area contributed by atoms with E-state index in [0.717, 1.165) is 38.7 Å². The summed E-state index contributed by atoms with van der Waals surface area (Å²) in [6.07, 6.45) is 5.34. The van der Waals surface area contributed by atoms with Gasteiger partial charge in [0, 0.05) is 43.1 Å². The zero-order chi connectivity index (χ0) is 27.5. The van der Waals surface area contributed by atoms with E-state index >= 15 is 0 Å². The van der Waals surface area contributed by atoms with Crippen LogP contribution in [0.2, 0.25) is 0 Å². The number of carbonyl (C=O) groups is 2. The van der Waals surface area contributed by atoms with E-state index in [1.165, 1.54) is 0 Å². The number of hydrogen-bond donors (Lipinski definition) is 3. The average molecular weight is 498 g/mol. The molecule has 0 heterocycles. The minimum Gasteiger partial charge on any atom is -0.378 e. The lowest BCUT2D eigenvalue weighted by atomic mass is 9.70. The van der Waals surface area contributed by atoms with Crippen molar-refractivity contribution in [1.29, 1.82) is 0 Å². The van der Waals surface area contributed by atoms with E-state index in [9.17, 15) is 9.59 Å². The van der Waals surface area contributed by atoms with Crippen molar-refractivity contribution in [3.8, 4) is 0 Å². The molecule has 6 heteroatoms. The molecule has 0 rings (SSSR count). The summed E-state index contributed by atoms with van der Waals surface area (Å²) in [4.78, 5) is 25.0. The Labute approximate surface area is 217 Å². The Morgan fingerprint density at radius 2 is 1.49 bits per heavy atom. The minimum atomic E-state index is -0.394. The molecule has 0 aliphatic heterocycles. The van der Waals surface area contributed by atoms with Crippen molar-refractivity contribution in [2.24, 2.45) is 16.2 Å². The Kier molecular flexibility index (Phi) is 14.1. The van der Waals surface area contributed by atoms with Gasteiger partial charge in [0.05, 0.1) is 6.10 Å². The van der Waals surface area contributed by atoms with E-state index in [0.29, 0.717) is 25.6 Å². The number of amides is 2. The van der Waals surface area contributed by atoms with Crippen LogP contribution in [0.15, 0.2) is 0 Å². The van der Waals surface area contributed by atoms with Gasteiger partial charge in [0.2, 0.25) is 11.8 Å². The normalized spacial score (nSPS) is 16.3. The van der Waals surface area contributed by atoms with Crippen LogP contribution in [0.5, 0.6) is 0 Å². The Bertz CT molecular complexity index is 634. The highest BCUT2D eigenvalue weighted by Crippen LogP contribution is 2.39. The lowest BCUT2D eigenvalue weighted by Crippen LogP contribution is -2.42. The third-order valence-corrected chi connectivity index (χ3v) is 6.50. The highest BCUT2D eigenvalue weighted by atomic mass is 16.5. The lowest BCUT2D eigenvalue weighted by Gasteiger charge is -2.37. The van der Waals surface area contributed by atoms with Gasteiger partial charge in [-0.05, 0) is 71.1 Å². The van der Waals surface area contributed by atoms with Gasteiger partial charge in [-0.15, -0.1) is 0 Å². The van der Waals surface area contributed by atoms with Crippen LogP contribution < -0.4 is 16.0 Å². The van der Waals surface area contributed by atoms with Gasteiger partial charge in [0.15, 0.2) is 0 Å². The molecule has 0 bridgehead atoms. The van der Waals surface area contributed by atoms with Crippen LogP contribution in [0.4, 0.5) is 0 Å². The van der Waals surface area contributed by atoms with Gasteiger partial charge in [-0.25, -0.2) is 0 Å². The van der Waals surface area contributed by atoms with E-state index in [4.69, 9.17) is 4.74 Å². The molecule has 2 amide bonds. The number of carbonyl (C=O) groups excluding carboxylic acids is 2. The Balaban J connectivity index is 4.34. The summed E-state index contributed by atoms with van der Waals surface area (Å²) in [5, 5.41) is 9.77. The highest BCUT2D eigenvalue weighted by molar-refractivity contribution is 5.81. The van der Waals surface area contributed by atoms with Crippen molar-refractivity contribution in [2.75, 3.05) is 19.7 Å². The van der Waals surface area contributed by atoms with Crippen molar-refractivity contribution < 1.29 is 14.3 Å². The molecule has 3 N–H and O–H groups in total. The molecular formula is C29H59N3O3. The smallest absolute Gasteiger partial charge is 0.225 e. The fourth-order valence-electron chi connectivity index (χ4n) is 4.52. The summed E-state index contributed by atoms with van der Waals surface area (Å²) in [5.74, 6) is 0.176. The first-order valence-electron chi connectivity index (χ1n) is 13.7. The van der Waals surface area contributed by atoms with Gasteiger partial charge < -0.3 is 20.7 Å². The highest BCUT2D eigenvalue weighted by Gasteiger charge is 2.34. The molecule has 35 heavy (non-hydrogen) atoms. The molecule has 0 aliphatic carbocycles. The van der Waals surface area contributed by atoms with Gasteiger partial charge in [-0.2, -0.15) is 0 Å². The minimum absolute atomic E-state index is 0.0656. The topological polar surface area (TPSA) is 79.5 Å². The molecule has 0 aromatic rings. The molecule has 0 aromatic carbocycles. The first-order chi connectivity index (χ1) is 15.8. The monoisotopic (exact) mass is 497 g/mol. The van der Waals surface area contributed by atoms with Crippen LogP contribution in [0.25, 0.3) is 0 Å². The fourth-order valence-corrected chi connectivity index (χ4v) is 4.52. The maximum Gasteiger partial charge on any atom is 0.225 e. The van der Waals surface area contributed by atoms with Crippen molar-refractivity contribution in [3.05, 3.63) is 0 Å². The zero-order valence-corrected chi connectivity index (χ0v) is 25.2. The Morgan fingerprint density at radius 3 is 2.00 bits per heavy atom. The first kappa shape index (κ1) is 33.9. The van der Waals surface area contributed by atoms with Crippen LogP contribution in [0.1, 0.15) is 122 Å². The molecule has 3 unspecified atom stereocenters. The molecule has 0 saturated heterocycles. The van der Waals surface area contributed by atoms with Gasteiger partial charge in [-0.1, -0.05) is 54.9 Å². The SMILES string of the molecule is CCC(C)(CC(=O)NCCCC(C)OCCC(C)NC(C)(C)C)CC(C)(C)CNC(=O)C(C)(C)C. The molecule has 0 saturated carbocycles. The predicted octanol–water partition coefficient (Wildman–Crippen LogP) is 5.84. The molecule has 3 atom stereocenters. The van der Waals surface area contributed by atoms with Crippen LogP contribution in [0, 0.1) is 16.2 Å². The average Bonchev–Trinajstić information content (AvgIpc) is 2.66. The van der Waals surface area contributed by atoms with E-state index in [1.807, 2.05) is 20.8 Å². The standard InChI is InChI=1S/C29H59N3O3/c1-13-29(12,20-28(10,11)21-31-25(34)26(4,5)6)19-24(33)30-17-14-15-23(3)35-18-16-22(2)32-27(7,8)9/h22-23,32H,13-21H2,1-12H3,(H,30,33)(H,31,34). The molecule has 208 valence electrons. The molecule has 6 nitrogen and oxygen atoms in total. The van der Waals surface area contributed by atoms with Gasteiger partial charge in [0.25, 0.3) is 0 Å². The molecule has 0 radical (unpaired) electrons. The van der Waals surface area contributed by atoms with E-state index < -0.39 is 5.41 Å². The van der Waals surface area contributed by atoms with E-state index in [2.05, 4.69) is 78.3 Å².